The molecule has 2 fully saturated rings. The van der Waals surface area contributed by atoms with Gasteiger partial charge in [-0.25, -0.2) is 4.79 Å². The lowest BCUT2D eigenvalue weighted by molar-refractivity contribution is -0.104. The molecule has 0 spiro atoms. The third kappa shape index (κ3) is 6.85. The maximum atomic E-state index is 11.5. The third-order valence-electron chi connectivity index (χ3n) is 8.25. The fourth-order valence-corrected chi connectivity index (χ4v) is 6.14. The Kier molecular flexibility index (Phi) is 8.85. The number of benzene rings is 2. The molecule has 4 rings (SSSR count). The molecule has 7 heteroatoms. The van der Waals surface area contributed by atoms with Gasteiger partial charge >= 0.3 is 6.03 Å². The van der Waals surface area contributed by atoms with Crippen LogP contribution in [0.2, 0.25) is 5.02 Å². The van der Waals surface area contributed by atoms with Gasteiger partial charge in [0.15, 0.2) is 0 Å². The van der Waals surface area contributed by atoms with Crippen molar-refractivity contribution >= 4 is 17.6 Å². The Morgan fingerprint density at radius 3 is 2.11 bits per heavy atom. The van der Waals surface area contributed by atoms with E-state index in [-0.39, 0.29) is 23.5 Å². The summed E-state index contributed by atoms with van der Waals surface area (Å²) in [6.45, 7) is 12.8. The van der Waals surface area contributed by atoms with E-state index in [1.165, 1.54) is 16.7 Å². The number of piperazine rings is 1. The van der Waals surface area contributed by atoms with Crippen LogP contribution in [0.4, 0.5) is 4.79 Å². The number of piperidine rings is 1. The van der Waals surface area contributed by atoms with Gasteiger partial charge in [0.05, 0.1) is 6.04 Å². The number of aliphatic hydroxyl groups excluding tert-OH is 1. The zero-order valence-electron chi connectivity index (χ0n) is 22.7. The number of aryl methyl sites for hydroxylation is 1. The number of hydrogen-bond acceptors (Lipinski definition) is 4. The van der Waals surface area contributed by atoms with Gasteiger partial charge in [-0.1, -0.05) is 74.3 Å². The van der Waals surface area contributed by atoms with Crippen molar-refractivity contribution in [1.29, 1.82) is 0 Å². The number of aliphatic hydroxyl groups is 1. The number of carbonyl (C=O) groups excluding carboxylic acids is 1. The molecule has 0 radical (unpaired) electrons. The van der Waals surface area contributed by atoms with Crippen LogP contribution in [-0.4, -0.2) is 70.8 Å². The van der Waals surface area contributed by atoms with E-state index in [1.54, 1.807) is 4.90 Å². The second kappa shape index (κ2) is 11.7. The van der Waals surface area contributed by atoms with E-state index in [4.69, 9.17) is 17.3 Å². The van der Waals surface area contributed by atoms with Crippen molar-refractivity contribution in [3.63, 3.8) is 0 Å². The third-order valence-corrected chi connectivity index (χ3v) is 8.50. The van der Waals surface area contributed by atoms with E-state index < -0.39 is 6.23 Å². The largest absolute Gasteiger partial charge is 0.378 e. The first-order valence-corrected chi connectivity index (χ1v) is 13.9. The van der Waals surface area contributed by atoms with Crippen LogP contribution in [0.3, 0.4) is 0 Å². The number of primary amides is 1. The molecule has 2 aromatic rings. The molecule has 0 aliphatic carbocycles. The monoisotopic (exact) mass is 526 g/mol. The van der Waals surface area contributed by atoms with Crippen LogP contribution < -0.4 is 5.73 Å². The van der Waals surface area contributed by atoms with Gasteiger partial charge in [-0.15, -0.1) is 0 Å². The van der Waals surface area contributed by atoms with Crippen molar-refractivity contribution in [2.45, 2.75) is 65.3 Å². The fraction of sp³-hybridized carbons (Fsp3) is 0.567. The number of nitrogens with zero attached hydrogens (tertiary/aromatic N) is 3. The van der Waals surface area contributed by atoms with Crippen molar-refractivity contribution in [2.24, 2.45) is 17.1 Å². The van der Waals surface area contributed by atoms with Crippen molar-refractivity contribution in [2.75, 3.05) is 32.7 Å². The van der Waals surface area contributed by atoms with Gasteiger partial charge in [0.25, 0.3) is 0 Å². The summed E-state index contributed by atoms with van der Waals surface area (Å²) in [5.74, 6) is 0.402. The Morgan fingerprint density at radius 1 is 1.00 bits per heavy atom. The normalized spacial score (nSPS) is 22.1. The van der Waals surface area contributed by atoms with Crippen LogP contribution in [0.25, 0.3) is 0 Å². The molecule has 2 heterocycles. The Morgan fingerprint density at radius 2 is 1.57 bits per heavy atom. The van der Waals surface area contributed by atoms with Gasteiger partial charge in [-0.05, 0) is 60.8 Å². The van der Waals surface area contributed by atoms with Gasteiger partial charge < -0.3 is 15.7 Å². The first-order valence-electron chi connectivity index (χ1n) is 13.6. The maximum Gasteiger partial charge on any atom is 0.314 e. The minimum absolute atomic E-state index is 0.00714. The lowest BCUT2D eigenvalue weighted by atomic mass is 9.82. The number of halogens is 1. The highest BCUT2D eigenvalue weighted by atomic mass is 35.5. The van der Waals surface area contributed by atoms with E-state index in [0.717, 1.165) is 43.9 Å². The van der Waals surface area contributed by atoms with Crippen LogP contribution in [0.5, 0.6) is 0 Å². The molecule has 2 aliphatic heterocycles. The lowest BCUT2D eigenvalue weighted by Gasteiger charge is -2.51. The SMILES string of the molecule is Cc1ccc(C(c2ccc(Cl)cc2)N2CCN(C(O)CC3CCN(C(N)=O)CC3)C(C(C)(C)C)C2)cc1. The van der Waals surface area contributed by atoms with Crippen LogP contribution in [0, 0.1) is 18.3 Å². The molecule has 2 amide bonds. The van der Waals surface area contributed by atoms with Gasteiger partial charge in [0.1, 0.15) is 6.23 Å². The lowest BCUT2D eigenvalue weighted by Crippen LogP contribution is -2.61. The van der Waals surface area contributed by atoms with Crippen LogP contribution in [0.1, 0.15) is 62.8 Å². The second-order valence-electron chi connectivity index (χ2n) is 12.0. The molecular formula is C30H43ClN4O2. The number of likely N-dealkylation sites (tertiary alicyclic amines) is 1. The summed E-state index contributed by atoms with van der Waals surface area (Å²) in [5, 5.41) is 12.2. The predicted octanol–water partition coefficient (Wildman–Crippen LogP) is 5.27. The molecule has 3 unspecified atom stereocenters. The van der Waals surface area contributed by atoms with Crippen LogP contribution in [0.15, 0.2) is 48.5 Å². The maximum absolute atomic E-state index is 11.5. The molecule has 2 aliphatic rings. The Balaban J connectivity index is 1.53. The Labute approximate surface area is 227 Å². The van der Waals surface area contributed by atoms with Gasteiger partial charge in [0.2, 0.25) is 0 Å². The molecule has 2 saturated heterocycles. The number of rotatable bonds is 6. The molecule has 202 valence electrons. The zero-order valence-corrected chi connectivity index (χ0v) is 23.5. The molecule has 6 nitrogen and oxygen atoms in total. The molecule has 37 heavy (non-hydrogen) atoms. The summed E-state index contributed by atoms with van der Waals surface area (Å²) in [4.78, 5) is 18.1. The number of hydrogen-bond donors (Lipinski definition) is 2. The van der Waals surface area contributed by atoms with Crippen molar-refractivity contribution in [3.05, 3.63) is 70.2 Å². The molecule has 2 aromatic carbocycles. The number of amides is 2. The van der Waals surface area contributed by atoms with Gasteiger partial charge in [-0.2, -0.15) is 0 Å². The van der Waals surface area contributed by atoms with Crippen molar-refractivity contribution in [3.8, 4) is 0 Å². The summed E-state index contributed by atoms with van der Waals surface area (Å²) in [5.41, 5.74) is 9.20. The van der Waals surface area contributed by atoms with E-state index in [0.29, 0.717) is 19.0 Å². The summed E-state index contributed by atoms with van der Waals surface area (Å²) < 4.78 is 0. The van der Waals surface area contributed by atoms with Crippen molar-refractivity contribution < 1.29 is 9.90 Å². The first kappa shape index (κ1) is 27.9. The van der Waals surface area contributed by atoms with E-state index in [9.17, 15) is 9.90 Å². The molecule has 0 bridgehead atoms. The highest BCUT2D eigenvalue weighted by Crippen LogP contribution is 2.37. The van der Waals surface area contributed by atoms with Crippen molar-refractivity contribution in [1.82, 2.24) is 14.7 Å². The average Bonchev–Trinajstić information content (AvgIpc) is 2.86. The van der Waals surface area contributed by atoms with E-state index in [2.05, 4.69) is 73.9 Å². The van der Waals surface area contributed by atoms with Crippen LogP contribution >= 0.6 is 11.6 Å². The standard InChI is InChI=1S/C30H43ClN4O2/c1-21-5-7-23(8-6-21)28(24-9-11-25(31)12-10-24)34-17-18-35(26(20-34)30(2,3)4)27(36)19-22-13-15-33(16-14-22)29(32)37/h5-12,22,26-28,36H,13-20H2,1-4H3,(H2,32,37). The number of urea groups is 1. The van der Waals surface area contributed by atoms with E-state index >= 15 is 0 Å². The summed E-state index contributed by atoms with van der Waals surface area (Å²) in [7, 11) is 0. The molecule has 0 saturated carbocycles. The predicted molar refractivity (Wildman–Crippen MR) is 151 cm³/mol. The summed E-state index contributed by atoms with van der Waals surface area (Å²) >= 11 is 6.24. The summed E-state index contributed by atoms with van der Waals surface area (Å²) in [6, 6.07) is 17.0. The van der Waals surface area contributed by atoms with Gasteiger partial charge in [-0.3, -0.25) is 9.80 Å². The van der Waals surface area contributed by atoms with Gasteiger partial charge in [0, 0.05) is 43.8 Å². The minimum Gasteiger partial charge on any atom is -0.378 e. The molecule has 3 atom stereocenters. The minimum atomic E-state index is -0.496. The summed E-state index contributed by atoms with van der Waals surface area (Å²) in [6.07, 6.45) is 2.03. The molecule has 3 N–H and O–H groups in total. The molecular weight excluding hydrogens is 484 g/mol. The van der Waals surface area contributed by atoms with E-state index in [1.807, 2.05) is 12.1 Å². The topological polar surface area (TPSA) is 73.0 Å². The Hall–Kier alpha value is -2.12. The van der Waals surface area contributed by atoms with Crippen LogP contribution in [-0.2, 0) is 0 Å². The Bertz CT molecular complexity index is 984. The fourth-order valence-electron chi connectivity index (χ4n) is 6.01. The molecule has 0 aromatic heterocycles. The second-order valence-corrected chi connectivity index (χ2v) is 12.4. The highest BCUT2D eigenvalue weighted by Gasteiger charge is 2.41. The number of carbonyl (C=O) groups is 1. The quantitative estimate of drug-likeness (QED) is 0.538. The average molecular weight is 527 g/mol. The zero-order chi connectivity index (χ0) is 26.7. The first-order chi connectivity index (χ1) is 17.5. The number of nitrogens with two attached hydrogens (primary N) is 1. The highest BCUT2D eigenvalue weighted by molar-refractivity contribution is 6.30. The smallest absolute Gasteiger partial charge is 0.314 e.